The van der Waals surface area contributed by atoms with Crippen LogP contribution in [0.2, 0.25) is 0 Å². The minimum Gasteiger partial charge on any atom is -0.497 e. The van der Waals surface area contributed by atoms with Crippen LogP contribution >= 0.6 is 0 Å². The van der Waals surface area contributed by atoms with Gasteiger partial charge in [-0.25, -0.2) is 13.4 Å². The summed E-state index contributed by atoms with van der Waals surface area (Å²) in [5, 5.41) is 0.767. The van der Waals surface area contributed by atoms with E-state index in [1.165, 1.54) is 23.5 Å². The molecule has 1 amide bonds. The van der Waals surface area contributed by atoms with E-state index in [0.717, 1.165) is 16.5 Å². The molecule has 0 spiro atoms. The lowest BCUT2D eigenvalue weighted by atomic mass is 10.0. The number of amides is 1. The van der Waals surface area contributed by atoms with Crippen molar-refractivity contribution in [2.24, 2.45) is 0 Å². The average Bonchev–Trinajstić information content (AvgIpc) is 2.92. The Kier molecular flexibility index (Phi) is 6.19. The molecule has 0 aliphatic carbocycles. The summed E-state index contributed by atoms with van der Waals surface area (Å²) >= 11 is 0. The molecule has 4 aromatic rings. The van der Waals surface area contributed by atoms with Crippen LogP contribution in [0.25, 0.3) is 22.2 Å². The second kappa shape index (κ2) is 9.44. The maximum absolute atomic E-state index is 13.6. The fourth-order valence-electron chi connectivity index (χ4n) is 4.22. The third-order valence-corrected chi connectivity index (χ3v) is 8.06. The Labute approximate surface area is 203 Å². The molecule has 1 saturated heterocycles. The van der Waals surface area contributed by atoms with Gasteiger partial charge in [0.1, 0.15) is 5.75 Å². The molecule has 35 heavy (non-hydrogen) atoms. The van der Waals surface area contributed by atoms with Crippen LogP contribution < -0.4 is 4.74 Å². The summed E-state index contributed by atoms with van der Waals surface area (Å²) in [5.74, 6) is 0.454. The SMILES string of the molecule is COc1ccc(S(=O)(=O)N2CCN(C(=O)c3cc(-c4ccncc4)nc4ccccc34)CC2)cc1. The van der Waals surface area contributed by atoms with Gasteiger partial charge in [-0.3, -0.25) is 9.78 Å². The molecule has 1 aliphatic heterocycles. The first-order valence-corrected chi connectivity index (χ1v) is 12.6. The number of sulfonamides is 1. The monoisotopic (exact) mass is 488 g/mol. The van der Waals surface area contributed by atoms with Crippen molar-refractivity contribution in [3.63, 3.8) is 0 Å². The molecule has 0 atom stereocenters. The number of nitrogens with zero attached hydrogens (tertiary/aromatic N) is 4. The Bertz CT molecular complexity index is 1470. The first-order valence-electron chi connectivity index (χ1n) is 11.2. The molecular weight excluding hydrogens is 464 g/mol. The molecule has 0 radical (unpaired) electrons. The summed E-state index contributed by atoms with van der Waals surface area (Å²) < 4.78 is 32.7. The molecular formula is C26H24N4O4S. The first-order chi connectivity index (χ1) is 17.0. The highest BCUT2D eigenvalue weighted by Gasteiger charge is 2.31. The number of carbonyl (C=O) groups excluding carboxylic acids is 1. The predicted molar refractivity (Wildman–Crippen MR) is 133 cm³/mol. The van der Waals surface area contributed by atoms with Gasteiger partial charge in [-0.1, -0.05) is 18.2 Å². The average molecular weight is 489 g/mol. The second-order valence-corrected chi connectivity index (χ2v) is 10.1. The van der Waals surface area contributed by atoms with Gasteiger partial charge in [-0.15, -0.1) is 0 Å². The van der Waals surface area contributed by atoms with Crippen molar-refractivity contribution in [3.05, 3.63) is 84.7 Å². The normalized spacial score (nSPS) is 14.7. The summed E-state index contributed by atoms with van der Waals surface area (Å²) in [5.41, 5.74) is 2.84. The number of rotatable bonds is 5. The fourth-order valence-corrected chi connectivity index (χ4v) is 5.64. The maximum atomic E-state index is 13.6. The van der Waals surface area contributed by atoms with Gasteiger partial charge in [-0.2, -0.15) is 4.31 Å². The number of hydrogen-bond acceptors (Lipinski definition) is 6. The molecule has 5 rings (SSSR count). The van der Waals surface area contributed by atoms with E-state index in [9.17, 15) is 13.2 Å². The smallest absolute Gasteiger partial charge is 0.254 e. The number of hydrogen-bond donors (Lipinski definition) is 0. The minimum atomic E-state index is -3.65. The van der Waals surface area contributed by atoms with Crippen molar-refractivity contribution in [1.29, 1.82) is 0 Å². The van der Waals surface area contributed by atoms with E-state index in [2.05, 4.69) is 4.98 Å². The number of para-hydroxylation sites is 1. The van der Waals surface area contributed by atoms with Crippen molar-refractivity contribution in [3.8, 4) is 17.0 Å². The number of pyridine rings is 2. The number of piperazine rings is 1. The molecule has 9 heteroatoms. The molecule has 0 bridgehead atoms. The molecule has 2 aromatic carbocycles. The summed E-state index contributed by atoms with van der Waals surface area (Å²) in [6, 6.07) is 19.4. The number of ether oxygens (including phenoxy) is 1. The van der Waals surface area contributed by atoms with E-state index in [1.54, 1.807) is 35.5 Å². The molecule has 0 N–H and O–H groups in total. The van der Waals surface area contributed by atoms with Crippen molar-refractivity contribution in [2.45, 2.75) is 4.90 Å². The highest BCUT2D eigenvalue weighted by atomic mass is 32.2. The van der Waals surface area contributed by atoms with E-state index in [4.69, 9.17) is 9.72 Å². The zero-order chi connectivity index (χ0) is 24.4. The summed E-state index contributed by atoms with van der Waals surface area (Å²) in [6.07, 6.45) is 3.38. The van der Waals surface area contributed by atoms with Crippen LogP contribution in [-0.4, -0.2) is 66.8 Å². The van der Waals surface area contributed by atoms with Crippen LogP contribution in [0.3, 0.4) is 0 Å². The predicted octanol–water partition coefficient (Wildman–Crippen LogP) is 3.45. The Balaban J connectivity index is 1.39. The Hall–Kier alpha value is -3.82. The topological polar surface area (TPSA) is 92.7 Å². The number of carbonyl (C=O) groups is 1. The maximum Gasteiger partial charge on any atom is 0.254 e. The second-order valence-electron chi connectivity index (χ2n) is 8.18. The lowest BCUT2D eigenvalue weighted by molar-refractivity contribution is 0.0700. The highest BCUT2D eigenvalue weighted by molar-refractivity contribution is 7.89. The van der Waals surface area contributed by atoms with Gasteiger partial charge in [0, 0.05) is 49.5 Å². The van der Waals surface area contributed by atoms with Gasteiger partial charge < -0.3 is 9.64 Å². The largest absolute Gasteiger partial charge is 0.497 e. The van der Waals surface area contributed by atoms with Crippen LogP contribution in [-0.2, 0) is 10.0 Å². The van der Waals surface area contributed by atoms with Crippen LogP contribution in [0.5, 0.6) is 5.75 Å². The first kappa shape index (κ1) is 22.9. The van der Waals surface area contributed by atoms with Gasteiger partial charge in [-0.05, 0) is 48.5 Å². The number of aromatic nitrogens is 2. The van der Waals surface area contributed by atoms with Crippen molar-refractivity contribution in [1.82, 2.24) is 19.2 Å². The van der Waals surface area contributed by atoms with Crippen LogP contribution in [0, 0.1) is 0 Å². The van der Waals surface area contributed by atoms with Gasteiger partial charge in [0.25, 0.3) is 5.91 Å². The van der Waals surface area contributed by atoms with Gasteiger partial charge in [0.05, 0.1) is 28.8 Å². The summed E-state index contributed by atoms with van der Waals surface area (Å²) in [4.78, 5) is 24.3. The molecule has 0 unspecified atom stereocenters. The van der Waals surface area contributed by atoms with Gasteiger partial charge in [0.2, 0.25) is 10.0 Å². The fraction of sp³-hybridized carbons (Fsp3) is 0.192. The zero-order valence-electron chi connectivity index (χ0n) is 19.2. The zero-order valence-corrected chi connectivity index (χ0v) is 20.0. The van der Waals surface area contributed by atoms with Crippen molar-refractivity contribution >= 4 is 26.8 Å². The Morgan fingerprint density at radius 3 is 2.29 bits per heavy atom. The van der Waals surface area contributed by atoms with E-state index in [1.807, 2.05) is 36.4 Å². The molecule has 3 heterocycles. The lowest BCUT2D eigenvalue weighted by Gasteiger charge is -2.34. The highest BCUT2D eigenvalue weighted by Crippen LogP contribution is 2.27. The molecule has 1 fully saturated rings. The quantitative estimate of drug-likeness (QED) is 0.427. The van der Waals surface area contributed by atoms with E-state index >= 15 is 0 Å². The Morgan fingerprint density at radius 1 is 0.914 bits per heavy atom. The summed E-state index contributed by atoms with van der Waals surface area (Å²) in [6.45, 7) is 1.05. The lowest BCUT2D eigenvalue weighted by Crippen LogP contribution is -2.50. The number of methoxy groups -OCH3 is 1. The van der Waals surface area contributed by atoms with Crippen LogP contribution in [0.1, 0.15) is 10.4 Å². The van der Waals surface area contributed by atoms with Gasteiger partial charge >= 0.3 is 0 Å². The molecule has 2 aromatic heterocycles. The van der Waals surface area contributed by atoms with E-state index in [-0.39, 0.29) is 23.9 Å². The summed E-state index contributed by atoms with van der Waals surface area (Å²) in [7, 11) is -2.12. The van der Waals surface area contributed by atoms with Crippen molar-refractivity contribution in [2.75, 3.05) is 33.3 Å². The Morgan fingerprint density at radius 2 is 1.60 bits per heavy atom. The third-order valence-electron chi connectivity index (χ3n) is 6.15. The molecule has 1 aliphatic rings. The van der Waals surface area contributed by atoms with E-state index < -0.39 is 10.0 Å². The molecule has 178 valence electrons. The third kappa shape index (κ3) is 4.48. The molecule has 8 nitrogen and oxygen atoms in total. The minimum absolute atomic E-state index is 0.139. The standard InChI is InChI=1S/C26H24N4O4S/c1-34-20-6-8-21(9-7-20)35(32,33)30-16-14-29(15-17-30)26(31)23-18-25(19-10-12-27-13-11-19)28-24-5-3-2-4-22(23)24/h2-13,18H,14-17H2,1H3. The van der Waals surface area contributed by atoms with Crippen molar-refractivity contribution < 1.29 is 17.9 Å². The van der Waals surface area contributed by atoms with Crippen LogP contribution in [0.4, 0.5) is 0 Å². The van der Waals surface area contributed by atoms with E-state index in [0.29, 0.717) is 30.1 Å². The number of benzene rings is 2. The number of fused-ring (bicyclic) bond motifs is 1. The van der Waals surface area contributed by atoms with Crippen LogP contribution in [0.15, 0.2) is 84.0 Å². The van der Waals surface area contributed by atoms with Gasteiger partial charge in [0.15, 0.2) is 0 Å². The molecule has 0 saturated carbocycles.